The molecule has 2 aromatic carbocycles. The van der Waals surface area contributed by atoms with Crippen molar-refractivity contribution in [1.82, 2.24) is 14.8 Å². The maximum absolute atomic E-state index is 12.1. The van der Waals surface area contributed by atoms with E-state index >= 15 is 0 Å². The second-order valence-electron chi connectivity index (χ2n) is 6.27. The molecule has 140 valence electrons. The molecule has 1 amide bonds. The minimum Gasteiger partial charge on any atom is -0.486 e. The van der Waals surface area contributed by atoms with Crippen LogP contribution in [0.15, 0.2) is 53.7 Å². The zero-order valence-electron chi connectivity index (χ0n) is 15.6. The number of thioether (sulfide) groups is 1. The molecule has 0 atom stereocenters. The summed E-state index contributed by atoms with van der Waals surface area (Å²) in [5, 5.41) is 11.9. The summed E-state index contributed by atoms with van der Waals surface area (Å²) in [6.45, 7) is 4.40. The SMILES string of the molecule is Cc1cc(C)cc(OCc2nnc(SCC(=O)Nc3ccccc3)n2C)c1. The highest BCUT2D eigenvalue weighted by molar-refractivity contribution is 7.99. The summed E-state index contributed by atoms with van der Waals surface area (Å²) >= 11 is 1.34. The van der Waals surface area contributed by atoms with Crippen molar-refractivity contribution in [3.63, 3.8) is 0 Å². The van der Waals surface area contributed by atoms with E-state index < -0.39 is 0 Å². The number of benzene rings is 2. The third-order valence-electron chi connectivity index (χ3n) is 3.88. The van der Waals surface area contributed by atoms with Gasteiger partial charge in [0.1, 0.15) is 12.4 Å². The van der Waals surface area contributed by atoms with Crippen molar-refractivity contribution >= 4 is 23.4 Å². The molecular formula is C20H22N4O2S. The van der Waals surface area contributed by atoms with E-state index in [4.69, 9.17) is 4.74 Å². The summed E-state index contributed by atoms with van der Waals surface area (Å²) in [5.74, 6) is 1.70. The molecule has 0 aliphatic carbocycles. The van der Waals surface area contributed by atoms with E-state index in [1.807, 2.05) is 67.9 Å². The van der Waals surface area contributed by atoms with Gasteiger partial charge in [-0.15, -0.1) is 10.2 Å². The van der Waals surface area contributed by atoms with Crippen molar-refractivity contribution in [1.29, 1.82) is 0 Å². The monoisotopic (exact) mass is 382 g/mol. The molecule has 6 nitrogen and oxygen atoms in total. The average Bonchev–Trinajstić information content (AvgIpc) is 2.98. The summed E-state index contributed by atoms with van der Waals surface area (Å²) < 4.78 is 7.69. The number of nitrogens with zero attached hydrogens (tertiary/aromatic N) is 3. The molecule has 7 heteroatoms. The zero-order valence-corrected chi connectivity index (χ0v) is 16.4. The van der Waals surface area contributed by atoms with Crippen molar-refractivity contribution in [2.75, 3.05) is 11.1 Å². The molecule has 0 bridgehead atoms. The minimum absolute atomic E-state index is 0.0813. The van der Waals surface area contributed by atoms with Gasteiger partial charge in [-0.2, -0.15) is 0 Å². The van der Waals surface area contributed by atoms with E-state index in [0.29, 0.717) is 17.6 Å². The van der Waals surface area contributed by atoms with Crippen LogP contribution >= 0.6 is 11.8 Å². The first kappa shape index (κ1) is 19.0. The van der Waals surface area contributed by atoms with Gasteiger partial charge in [-0.1, -0.05) is 36.0 Å². The number of para-hydroxylation sites is 1. The minimum atomic E-state index is -0.0813. The van der Waals surface area contributed by atoms with Crippen LogP contribution in [-0.2, 0) is 18.4 Å². The first-order valence-electron chi connectivity index (χ1n) is 8.58. The number of aryl methyl sites for hydroxylation is 2. The molecule has 0 radical (unpaired) electrons. The van der Waals surface area contributed by atoms with Crippen LogP contribution < -0.4 is 10.1 Å². The van der Waals surface area contributed by atoms with Gasteiger partial charge in [-0.3, -0.25) is 4.79 Å². The summed E-state index contributed by atoms with van der Waals surface area (Å²) in [7, 11) is 1.87. The Kier molecular flexibility index (Phi) is 6.13. The van der Waals surface area contributed by atoms with E-state index in [9.17, 15) is 4.79 Å². The predicted molar refractivity (Wildman–Crippen MR) is 107 cm³/mol. The van der Waals surface area contributed by atoms with Crippen molar-refractivity contribution < 1.29 is 9.53 Å². The van der Waals surface area contributed by atoms with E-state index in [1.165, 1.54) is 11.8 Å². The highest BCUT2D eigenvalue weighted by atomic mass is 32.2. The van der Waals surface area contributed by atoms with Crippen LogP contribution in [0.25, 0.3) is 0 Å². The number of nitrogens with one attached hydrogen (secondary N) is 1. The van der Waals surface area contributed by atoms with Crippen molar-refractivity contribution in [2.24, 2.45) is 7.05 Å². The van der Waals surface area contributed by atoms with Gasteiger partial charge < -0.3 is 14.6 Å². The van der Waals surface area contributed by atoms with Gasteiger partial charge in [-0.25, -0.2) is 0 Å². The third kappa shape index (κ3) is 5.34. The zero-order chi connectivity index (χ0) is 19.2. The number of carbonyl (C=O) groups is 1. The van der Waals surface area contributed by atoms with E-state index in [2.05, 4.69) is 21.6 Å². The van der Waals surface area contributed by atoms with Gasteiger partial charge in [0.2, 0.25) is 5.91 Å². The molecule has 3 aromatic rings. The number of anilines is 1. The molecule has 1 heterocycles. The number of hydrogen-bond acceptors (Lipinski definition) is 5. The lowest BCUT2D eigenvalue weighted by Gasteiger charge is -2.08. The van der Waals surface area contributed by atoms with Gasteiger partial charge in [0.15, 0.2) is 11.0 Å². The highest BCUT2D eigenvalue weighted by Gasteiger charge is 2.12. The fourth-order valence-corrected chi connectivity index (χ4v) is 3.34. The molecule has 0 aliphatic heterocycles. The van der Waals surface area contributed by atoms with Crippen LogP contribution in [0, 0.1) is 13.8 Å². The molecule has 1 aromatic heterocycles. The molecule has 0 spiro atoms. The maximum atomic E-state index is 12.1. The lowest BCUT2D eigenvalue weighted by atomic mass is 10.1. The first-order chi connectivity index (χ1) is 13.0. The smallest absolute Gasteiger partial charge is 0.234 e. The lowest BCUT2D eigenvalue weighted by Crippen LogP contribution is -2.14. The maximum Gasteiger partial charge on any atom is 0.234 e. The topological polar surface area (TPSA) is 69.0 Å². The van der Waals surface area contributed by atoms with Crippen LogP contribution in [0.1, 0.15) is 17.0 Å². The number of aromatic nitrogens is 3. The molecule has 0 fully saturated rings. The Bertz CT molecular complexity index is 905. The van der Waals surface area contributed by atoms with E-state index in [-0.39, 0.29) is 11.7 Å². The van der Waals surface area contributed by atoms with Crippen molar-refractivity contribution in [2.45, 2.75) is 25.6 Å². The molecule has 0 saturated carbocycles. The van der Waals surface area contributed by atoms with Gasteiger partial charge in [0, 0.05) is 12.7 Å². The van der Waals surface area contributed by atoms with Crippen LogP contribution in [0.5, 0.6) is 5.75 Å². The average molecular weight is 382 g/mol. The second kappa shape index (κ2) is 8.73. The van der Waals surface area contributed by atoms with Gasteiger partial charge in [0.25, 0.3) is 0 Å². The Balaban J connectivity index is 1.54. The standard InChI is InChI=1S/C20H22N4O2S/c1-14-9-15(2)11-17(10-14)26-12-18-22-23-20(24(18)3)27-13-19(25)21-16-7-5-4-6-8-16/h4-11H,12-13H2,1-3H3,(H,21,25). The molecule has 3 rings (SSSR count). The number of carbonyl (C=O) groups excluding carboxylic acids is 1. The Labute approximate surface area is 163 Å². The first-order valence-corrected chi connectivity index (χ1v) is 9.57. The molecule has 0 aliphatic rings. The number of rotatable bonds is 7. The Morgan fingerprint density at radius 1 is 1.11 bits per heavy atom. The van der Waals surface area contributed by atoms with Gasteiger partial charge in [-0.05, 0) is 49.2 Å². The number of ether oxygens (including phenoxy) is 1. The van der Waals surface area contributed by atoms with Crippen molar-refractivity contribution in [3.8, 4) is 5.75 Å². The summed E-state index contributed by atoms with van der Waals surface area (Å²) in [5.41, 5.74) is 3.09. The number of hydrogen-bond donors (Lipinski definition) is 1. The van der Waals surface area contributed by atoms with Crippen LogP contribution in [-0.4, -0.2) is 26.4 Å². The highest BCUT2D eigenvalue weighted by Crippen LogP contribution is 2.19. The van der Waals surface area contributed by atoms with Crippen molar-refractivity contribution in [3.05, 3.63) is 65.5 Å². The molecule has 27 heavy (non-hydrogen) atoms. The second-order valence-corrected chi connectivity index (χ2v) is 7.22. The lowest BCUT2D eigenvalue weighted by molar-refractivity contribution is -0.113. The van der Waals surface area contributed by atoms with E-state index in [0.717, 1.165) is 22.6 Å². The van der Waals surface area contributed by atoms with Crippen LogP contribution in [0.2, 0.25) is 0 Å². The fraction of sp³-hybridized carbons (Fsp3) is 0.250. The quantitative estimate of drug-likeness (QED) is 0.631. The molecule has 1 N–H and O–H groups in total. The van der Waals surface area contributed by atoms with E-state index in [1.54, 1.807) is 0 Å². The molecule has 0 saturated heterocycles. The largest absolute Gasteiger partial charge is 0.486 e. The molecule has 0 unspecified atom stereocenters. The Morgan fingerprint density at radius 3 is 2.52 bits per heavy atom. The summed E-state index contributed by atoms with van der Waals surface area (Å²) in [6, 6.07) is 15.5. The van der Waals surface area contributed by atoms with Crippen LogP contribution in [0.4, 0.5) is 5.69 Å². The normalized spacial score (nSPS) is 10.6. The summed E-state index contributed by atoms with van der Waals surface area (Å²) in [6.07, 6.45) is 0. The Morgan fingerprint density at radius 2 is 1.81 bits per heavy atom. The van der Waals surface area contributed by atoms with Crippen LogP contribution in [0.3, 0.4) is 0 Å². The fourth-order valence-electron chi connectivity index (χ4n) is 2.61. The van der Waals surface area contributed by atoms with Gasteiger partial charge >= 0.3 is 0 Å². The number of amides is 1. The molecular weight excluding hydrogens is 360 g/mol. The third-order valence-corrected chi connectivity index (χ3v) is 4.90. The summed E-state index contributed by atoms with van der Waals surface area (Å²) in [4.78, 5) is 12.1. The van der Waals surface area contributed by atoms with Gasteiger partial charge in [0.05, 0.1) is 5.75 Å². The Hall–Kier alpha value is -2.80. The predicted octanol–water partition coefficient (Wildman–Crippen LogP) is 3.74.